The Morgan fingerprint density at radius 1 is 0.947 bits per heavy atom. The molecule has 0 aliphatic carbocycles. The fourth-order valence-corrected chi connectivity index (χ4v) is 5.33. The van der Waals surface area contributed by atoms with Crippen molar-refractivity contribution in [2.75, 3.05) is 28.0 Å². The molecular formula is C29H34ClN3O4S. The Balaban J connectivity index is 1.38. The molecule has 1 heterocycles. The number of rotatable bonds is 6. The van der Waals surface area contributed by atoms with Crippen LogP contribution >= 0.6 is 11.6 Å². The van der Waals surface area contributed by atoms with Crippen LogP contribution in [0.1, 0.15) is 55.1 Å². The van der Waals surface area contributed by atoms with Crippen molar-refractivity contribution in [1.82, 2.24) is 0 Å². The van der Waals surface area contributed by atoms with Crippen LogP contribution in [-0.2, 0) is 15.6 Å². The molecule has 0 unspecified atom stereocenters. The molecule has 0 aromatic heterocycles. The van der Waals surface area contributed by atoms with Gasteiger partial charge in [-0.15, -0.1) is 0 Å². The number of aliphatic hydroxyl groups is 1. The molecule has 0 atom stereocenters. The van der Waals surface area contributed by atoms with E-state index in [1.807, 2.05) is 37.3 Å². The molecule has 3 aromatic rings. The van der Waals surface area contributed by atoms with E-state index >= 15 is 0 Å². The zero-order valence-corrected chi connectivity index (χ0v) is 23.7. The average Bonchev–Trinajstić information content (AvgIpc) is 2.85. The summed E-state index contributed by atoms with van der Waals surface area (Å²) >= 11 is 6.00. The Morgan fingerprint density at radius 2 is 1.53 bits per heavy atom. The molecule has 1 amide bonds. The monoisotopic (exact) mass is 555 g/mol. The molecule has 38 heavy (non-hydrogen) atoms. The highest BCUT2D eigenvalue weighted by molar-refractivity contribution is 7.94. The van der Waals surface area contributed by atoms with E-state index in [0.29, 0.717) is 47.9 Å². The van der Waals surface area contributed by atoms with Gasteiger partial charge in [-0.1, -0.05) is 23.7 Å². The number of carbonyl (C=O) groups is 1. The maximum Gasteiger partial charge on any atom is 0.255 e. The van der Waals surface area contributed by atoms with Crippen molar-refractivity contribution < 1.29 is 18.3 Å². The molecule has 0 bridgehead atoms. The Morgan fingerprint density at radius 3 is 2.08 bits per heavy atom. The zero-order valence-electron chi connectivity index (χ0n) is 22.1. The van der Waals surface area contributed by atoms with Gasteiger partial charge in [0.1, 0.15) is 0 Å². The number of nitrogens with zero attached hydrogens (tertiary/aromatic N) is 1. The maximum atomic E-state index is 12.8. The number of carbonyl (C=O) groups excluding carboxylic acids is 1. The number of amides is 1. The molecule has 1 saturated heterocycles. The minimum atomic E-state index is -3.55. The molecular weight excluding hydrogens is 522 g/mol. The third-order valence-electron chi connectivity index (χ3n) is 6.97. The summed E-state index contributed by atoms with van der Waals surface area (Å²) in [4.78, 5) is 15.1. The van der Waals surface area contributed by atoms with Crippen molar-refractivity contribution in [1.29, 1.82) is 0 Å². The van der Waals surface area contributed by atoms with Crippen LogP contribution in [0.15, 0.2) is 66.7 Å². The molecule has 3 N–H and O–H groups in total. The molecule has 4 rings (SSSR count). The van der Waals surface area contributed by atoms with E-state index in [-0.39, 0.29) is 5.91 Å². The minimum absolute atomic E-state index is 0.284. The molecule has 1 fully saturated rings. The van der Waals surface area contributed by atoms with Crippen molar-refractivity contribution in [2.24, 2.45) is 0 Å². The highest BCUT2D eigenvalue weighted by atomic mass is 35.5. The normalized spacial score (nSPS) is 15.7. The SMILES string of the molecule is Cc1cc(NC(=O)c2ccc(NS(=O)(=O)C(C)(C)C)cc2)ccc1N1CCC(O)(c2ccc(Cl)cc2)CC1. The number of halogens is 1. The number of piperidine rings is 1. The standard InChI is InChI=1S/C29H34ClN3O4S/c1-20-19-25(31-27(34)21-5-11-24(12-6-21)32-38(36,37)28(2,3)4)13-14-26(20)33-17-15-29(35,16-18-33)22-7-9-23(30)10-8-22/h5-14,19,32,35H,15-18H2,1-4H3,(H,31,34). The van der Waals surface area contributed by atoms with Crippen molar-refractivity contribution in [3.05, 3.63) is 88.4 Å². The highest BCUT2D eigenvalue weighted by Gasteiger charge is 2.34. The lowest BCUT2D eigenvalue weighted by molar-refractivity contribution is 0.0117. The third kappa shape index (κ3) is 6.14. The number of aryl methyl sites for hydroxylation is 1. The van der Waals surface area contributed by atoms with Gasteiger partial charge in [0.05, 0.1) is 10.3 Å². The molecule has 0 spiro atoms. The number of anilines is 3. The summed E-state index contributed by atoms with van der Waals surface area (Å²) in [6.45, 7) is 8.28. The van der Waals surface area contributed by atoms with Crippen LogP contribution in [0.2, 0.25) is 5.02 Å². The summed E-state index contributed by atoms with van der Waals surface area (Å²) in [6, 6.07) is 19.5. The Bertz CT molecular complexity index is 1410. The van der Waals surface area contributed by atoms with Crippen LogP contribution in [-0.4, -0.2) is 37.3 Å². The molecule has 0 radical (unpaired) electrons. The van der Waals surface area contributed by atoms with E-state index < -0.39 is 20.4 Å². The van der Waals surface area contributed by atoms with Crippen LogP contribution in [0.3, 0.4) is 0 Å². The number of hydrogen-bond donors (Lipinski definition) is 3. The van der Waals surface area contributed by atoms with Gasteiger partial charge in [-0.2, -0.15) is 0 Å². The molecule has 202 valence electrons. The van der Waals surface area contributed by atoms with Crippen LogP contribution < -0.4 is 14.9 Å². The van der Waals surface area contributed by atoms with E-state index in [9.17, 15) is 18.3 Å². The first-order chi connectivity index (χ1) is 17.8. The topological polar surface area (TPSA) is 98.7 Å². The van der Waals surface area contributed by atoms with Crippen molar-refractivity contribution in [3.8, 4) is 0 Å². The predicted octanol–water partition coefficient (Wildman–Crippen LogP) is 5.93. The van der Waals surface area contributed by atoms with Gasteiger partial charge in [-0.05, 0) is 106 Å². The molecule has 0 saturated carbocycles. The Labute approximate surface area is 229 Å². The second-order valence-electron chi connectivity index (χ2n) is 10.8. The van der Waals surface area contributed by atoms with Gasteiger partial charge in [0.15, 0.2) is 0 Å². The summed E-state index contributed by atoms with van der Waals surface area (Å²) in [5.41, 5.74) is 3.59. The van der Waals surface area contributed by atoms with Gasteiger partial charge in [-0.3, -0.25) is 9.52 Å². The van der Waals surface area contributed by atoms with Crippen LogP contribution in [0.5, 0.6) is 0 Å². The zero-order chi connectivity index (χ0) is 27.7. The number of benzene rings is 3. The summed E-state index contributed by atoms with van der Waals surface area (Å²) in [5.74, 6) is -0.284. The molecule has 1 aliphatic rings. The van der Waals surface area contributed by atoms with Crippen LogP contribution in [0, 0.1) is 6.92 Å². The first kappa shape index (κ1) is 28.0. The van der Waals surface area contributed by atoms with E-state index in [1.165, 1.54) is 0 Å². The van der Waals surface area contributed by atoms with Gasteiger partial charge < -0.3 is 15.3 Å². The van der Waals surface area contributed by atoms with Gasteiger partial charge in [0, 0.05) is 40.7 Å². The number of hydrogen-bond acceptors (Lipinski definition) is 5. The lowest BCUT2D eigenvalue weighted by Crippen LogP contribution is -2.42. The summed E-state index contributed by atoms with van der Waals surface area (Å²) in [7, 11) is -3.55. The molecule has 3 aromatic carbocycles. The van der Waals surface area contributed by atoms with Crippen molar-refractivity contribution >= 4 is 44.6 Å². The van der Waals surface area contributed by atoms with Crippen LogP contribution in [0.25, 0.3) is 0 Å². The lowest BCUT2D eigenvalue weighted by atomic mass is 9.84. The maximum absolute atomic E-state index is 12.8. The van der Waals surface area contributed by atoms with Crippen molar-refractivity contribution in [2.45, 2.75) is 50.9 Å². The molecule has 7 nitrogen and oxygen atoms in total. The fraction of sp³-hybridized carbons (Fsp3) is 0.345. The van der Waals surface area contributed by atoms with Crippen LogP contribution in [0.4, 0.5) is 17.1 Å². The smallest absolute Gasteiger partial charge is 0.255 e. The highest BCUT2D eigenvalue weighted by Crippen LogP contribution is 2.36. The van der Waals surface area contributed by atoms with Gasteiger partial charge >= 0.3 is 0 Å². The first-order valence-corrected chi connectivity index (χ1v) is 14.4. The largest absolute Gasteiger partial charge is 0.385 e. The second kappa shape index (κ2) is 10.6. The average molecular weight is 556 g/mol. The predicted molar refractivity (Wildman–Crippen MR) is 155 cm³/mol. The van der Waals surface area contributed by atoms with Crippen molar-refractivity contribution in [3.63, 3.8) is 0 Å². The molecule has 9 heteroatoms. The minimum Gasteiger partial charge on any atom is -0.385 e. The third-order valence-corrected chi connectivity index (χ3v) is 9.34. The number of sulfonamides is 1. The quantitative estimate of drug-likeness (QED) is 0.350. The Hall–Kier alpha value is -3.07. The Kier molecular flexibility index (Phi) is 7.79. The van der Waals surface area contributed by atoms with E-state index in [4.69, 9.17) is 11.6 Å². The summed E-state index contributed by atoms with van der Waals surface area (Å²) in [5, 5.41) is 14.7. The summed E-state index contributed by atoms with van der Waals surface area (Å²) < 4.78 is 26.3. The molecule has 1 aliphatic heterocycles. The lowest BCUT2D eigenvalue weighted by Gasteiger charge is -2.40. The van der Waals surface area contributed by atoms with Gasteiger partial charge in [0.25, 0.3) is 5.91 Å². The van der Waals surface area contributed by atoms with Gasteiger partial charge in [-0.25, -0.2) is 8.42 Å². The fourth-order valence-electron chi connectivity index (χ4n) is 4.46. The van der Waals surface area contributed by atoms with Gasteiger partial charge in [0.2, 0.25) is 10.0 Å². The first-order valence-electron chi connectivity index (χ1n) is 12.6. The second-order valence-corrected chi connectivity index (χ2v) is 13.6. The van der Waals surface area contributed by atoms with E-state index in [1.54, 1.807) is 57.2 Å². The number of nitrogens with one attached hydrogen (secondary N) is 2. The van der Waals surface area contributed by atoms with E-state index in [2.05, 4.69) is 14.9 Å². The summed E-state index contributed by atoms with van der Waals surface area (Å²) in [6.07, 6.45) is 1.21. The van der Waals surface area contributed by atoms with E-state index in [0.717, 1.165) is 16.8 Å².